The molecule has 3 rings (SSSR count). The normalized spacial score (nSPS) is 17.4. The van der Waals surface area contributed by atoms with E-state index in [0.717, 1.165) is 17.1 Å². The molecule has 2 aromatic rings. The van der Waals surface area contributed by atoms with E-state index in [-0.39, 0.29) is 35.8 Å². The van der Waals surface area contributed by atoms with Gasteiger partial charge in [0.25, 0.3) is 10.0 Å². The zero-order valence-electron chi connectivity index (χ0n) is 14.2. The Morgan fingerprint density at radius 2 is 2.04 bits per heavy atom. The molecular formula is C16H20ClN3O4S2. The minimum atomic E-state index is -3.54. The molecule has 1 aliphatic rings. The highest BCUT2D eigenvalue weighted by Gasteiger charge is 2.31. The van der Waals surface area contributed by atoms with Gasteiger partial charge < -0.3 is 9.32 Å². The van der Waals surface area contributed by atoms with Crippen LogP contribution in [0.3, 0.4) is 0 Å². The number of rotatable bonds is 6. The van der Waals surface area contributed by atoms with E-state index in [9.17, 15) is 13.2 Å². The SMILES string of the molecule is C[C@H](NCC(=O)N1CCN(S(=O)(=O)c2ccc(Cl)s2)CC1)c1ccco1. The van der Waals surface area contributed by atoms with Crippen molar-refractivity contribution in [3.8, 4) is 0 Å². The highest BCUT2D eigenvalue weighted by atomic mass is 35.5. The van der Waals surface area contributed by atoms with E-state index >= 15 is 0 Å². The van der Waals surface area contributed by atoms with Crippen molar-refractivity contribution in [2.24, 2.45) is 0 Å². The summed E-state index contributed by atoms with van der Waals surface area (Å²) in [5.41, 5.74) is 0. The number of carbonyl (C=O) groups excluding carboxylic acids is 1. The van der Waals surface area contributed by atoms with E-state index in [4.69, 9.17) is 16.0 Å². The molecule has 7 nitrogen and oxygen atoms in total. The van der Waals surface area contributed by atoms with Crippen LogP contribution in [0.15, 0.2) is 39.2 Å². The van der Waals surface area contributed by atoms with Gasteiger partial charge in [-0.3, -0.25) is 10.1 Å². The lowest BCUT2D eigenvalue weighted by molar-refractivity contribution is -0.131. The maximum Gasteiger partial charge on any atom is 0.252 e. The summed E-state index contributed by atoms with van der Waals surface area (Å²) >= 11 is 6.88. The van der Waals surface area contributed by atoms with E-state index < -0.39 is 10.0 Å². The summed E-state index contributed by atoms with van der Waals surface area (Å²) in [5.74, 6) is 0.711. The second kappa shape index (κ2) is 8.10. The van der Waals surface area contributed by atoms with Gasteiger partial charge in [-0.2, -0.15) is 4.31 Å². The molecule has 1 aliphatic heterocycles. The third kappa shape index (κ3) is 4.29. The molecule has 0 aliphatic carbocycles. The fourth-order valence-electron chi connectivity index (χ4n) is 2.73. The summed E-state index contributed by atoms with van der Waals surface area (Å²) in [4.78, 5) is 14.0. The monoisotopic (exact) mass is 417 g/mol. The van der Waals surface area contributed by atoms with Crippen LogP contribution in [0.1, 0.15) is 18.7 Å². The maximum atomic E-state index is 12.6. The quantitative estimate of drug-likeness (QED) is 0.778. The molecule has 1 N–H and O–H groups in total. The molecule has 26 heavy (non-hydrogen) atoms. The lowest BCUT2D eigenvalue weighted by Gasteiger charge is -2.34. The fourth-order valence-corrected chi connectivity index (χ4v) is 5.79. The molecule has 1 fully saturated rings. The zero-order chi connectivity index (χ0) is 18.7. The molecular weight excluding hydrogens is 398 g/mol. The van der Waals surface area contributed by atoms with Gasteiger partial charge >= 0.3 is 0 Å². The smallest absolute Gasteiger partial charge is 0.252 e. The number of nitrogens with zero attached hydrogens (tertiary/aromatic N) is 2. The van der Waals surface area contributed by atoms with Crippen LogP contribution in [-0.4, -0.2) is 56.3 Å². The third-order valence-electron chi connectivity index (χ3n) is 4.26. The Morgan fingerprint density at radius 1 is 1.31 bits per heavy atom. The number of hydrogen-bond donors (Lipinski definition) is 1. The molecule has 10 heteroatoms. The molecule has 3 heterocycles. The number of furan rings is 1. The third-order valence-corrected chi connectivity index (χ3v) is 7.86. The summed E-state index contributed by atoms with van der Waals surface area (Å²) < 4.78 is 32.5. The minimum Gasteiger partial charge on any atom is -0.468 e. The van der Waals surface area contributed by atoms with E-state index in [1.165, 1.54) is 10.4 Å². The Morgan fingerprint density at radius 3 is 2.62 bits per heavy atom. The van der Waals surface area contributed by atoms with Crippen molar-refractivity contribution in [1.29, 1.82) is 0 Å². The molecule has 0 unspecified atom stereocenters. The molecule has 2 aromatic heterocycles. The van der Waals surface area contributed by atoms with Crippen LogP contribution in [-0.2, 0) is 14.8 Å². The molecule has 1 atom stereocenters. The molecule has 0 aromatic carbocycles. The van der Waals surface area contributed by atoms with Gasteiger partial charge in [-0.15, -0.1) is 11.3 Å². The molecule has 142 valence electrons. The van der Waals surface area contributed by atoms with Crippen LogP contribution in [0.4, 0.5) is 0 Å². The van der Waals surface area contributed by atoms with E-state index in [2.05, 4.69) is 5.32 Å². The largest absolute Gasteiger partial charge is 0.468 e. The van der Waals surface area contributed by atoms with E-state index in [1.54, 1.807) is 23.3 Å². The maximum absolute atomic E-state index is 12.6. The summed E-state index contributed by atoms with van der Waals surface area (Å²) in [6.45, 7) is 3.38. The topological polar surface area (TPSA) is 82.9 Å². The fraction of sp³-hybridized carbons (Fsp3) is 0.438. The average Bonchev–Trinajstić information content (AvgIpc) is 3.31. The Bertz CT molecular complexity index is 843. The number of hydrogen-bond acceptors (Lipinski definition) is 6. The average molecular weight is 418 g/mol. The van der Waals surface area contributed by atoms with Gasteiger partial charge in [0.2, 0.25) is 5.91 Å². The number of piperazine rings is 1. The van der Waals surface area contributed by atoms with E-state index in [1.807, 2.05) is 13.0 Å². The van der Waals surface area contributed by atoms with Crippen LogP contribution >= 0.6 is 22.9 Å². The van der Waals surface area contributed by atoms with Crippen LogP contribution < -0.4 is 5.32 Å². The summed E-state index contributed by atoms with van der Waals surface area (Å²) in [7, 11) is -3.54. The van der Waals surface area contributed by atoms with Gasteiger partial charge in [0.05, 0.1) is 23.2 Å². The number of thiophene rings is 1. The van der Waals surface area contributed by atoms with Gasteiger partial charge in [0, 0.05) is 26.2 Å². The van der Waals surface area contributed by atoms with Gasteiger partial charge in [-0.05, 0) is 31.2 Å². The first-order valence-corrected chi connectivity index (χ1v) is 10.8. The van der Waals surface area contributed by atoms with Gasteiger partial charge in [-0.1, -0.05) is 11.6 Å². The number of halogens is 1. The number of sulfonamides is 1. The van der Waals surface area contributed by atoms with Crippen molar-refractivity contribution in [3.05, 3.63) is 40.6 Å². The number of carbonyl (C=O) groups is 1. The molecule has 0 radical (unpaired) electrons. The molecule has 0 spiro atoms. The Kier molecular flexibility index (Phi) is 6.03. The molecule has 0 saturated carbocycles. The van der Waals surface area contributed by atoms with Gasteiger partial charge in [0.1, 0.15) is 9.97 Å². The summed E-state index contributed by atoms with van der Waals surface area (Å²) in [6, 6.07) is 6.67. The number of amides is 1. The van der Waals surface area contributed by atoms with Crippen LogP contribution in [0.25, 0.3) is 0 Å². The summed E-state index contributed by atoms with van der Waals surface area (Å²) in [5, 5.41) is 3.12. The predicted molar refractivity (Wildman–Crippen MR) is 99.8 cm³/mol. The van der Waals surface area contributed by atoms with Crippen molar-refractivity contribution in [3.63, 3.8) is 0 Å². The predicted octanol–water partition coefficient (Wildman–Crippen LogP) is 2.18. The Balaban J connectivity index is 1.51. The minimum absolute atomic E-state index is 0.0559. The standard InChI is InChI=1S/C16H20ClN3O4S2/c1-12(13-3-2-10-24-13)18-11-15(21)19-6-8-20(9-7-19)26(22,23)16-5-4-14(17)25-16/h2-5,10,12,18H,6-9,11H2,1H3/t12-/m0/s1. The van der Waals surface area contributed by atoms with Crippen LogP contribution in [0.2, 0.25) is 4.34 Å². The van der Waals surface area contributed by atoms with Crippen molar-refractivity contribution in [2.45, 2.75) is 17.2 Å². The first-order valence-electron chi connectivity index (χ1n) is 8.18. The molecule has 1 amide bonds. The number of nitrogens with one attached hydrogen (secondary N) is 1. The summed E-state index contributed by atoms with van der Waals surface area (Å²) in [6.07, 6.45) is 1.59. The van der Waals surface area contributed by atoms with Gasteiger partial charge in [0.15, 0.2) is 0 Å². The highest BCUT2D eigenvalue weighted by molar-refractivity contribution is 7.91. The zero-order valence-corrected chi connectivity index (χ0v) is 16.6. The second-order valence-corrected chi connectivity index (χ2v) is 9.84. The first-order chi connectivity index (χ1) is 12.4. The van der Waals surface area contributed by atoms with Crippen molar-refractivity contribution < 1.29 is 17.6 Å². The lowest BCUT2D eigenvalue weighted by Crippen LogP contribution is -2.52. The first kappa shape index (κ1) is 19.4. The lowest BCUT2D eigenvalue weighted by atomic mass is 10.2. The Labute approximate surface area is 161 Å². The van der Waals surface area contributed by atoms with E-state index in [0.29, 0.717) is 17.4 Å². The van der Waals surface area contributed by atoms with Crippen LogP contribution in [0.5, 0.6) is 0 Å². The second-order valence-electron chi connectivity index (χ2n) is 5.96. The molecule has 0 bridgehead atoms. The van der Waals surface area contributed by atoms with Crippen LogP contribution in [0, 0.1) is 0 Å². The van der Waals surface area contributed by atoms with Gasteiger partial charge in [-0.25, -0.2) is 8.42 Å². The van der Waals surface area contributed by atoms with Crippen molar-refractivity contribution in [1.82, 2.24) is 14.5 Å². The van der Waals surface area contributed by atoms with Crippen molar-refractivity contribution >= 4 is 38.9 Å². The highest BCUT2D eigenvalue weighted by Crippen LogP contribution is 2.28. The Hall–Kier alpha value is -1.39. The molecule has 1 saturated heterocycles. The van der Waals surface area contributed by atoms with Crippen molar-refractivity contribution in [2.75, 3.05) is 32.7 Å².